The number of nitrogens with one attached hydrogen (secondary N) is 1. The molecule has 0 amide bonds. The van der Waals surface area contributed by atoms with E-state index in [1.807, 2.05) is 12.3 Å². The summed E-state index contributed by atoms with van der Waals surface area (Å²) in [5.74, 6) is 0.750. The van der Waals surface area contributed by atoms with Crippen LogP contribution in [0, 0.1) is 11.3 Å². The summed E-state index contributed by atoms with van der Waals surface area (Å²) in [6.07, 6.45) is 5.76. The van der Waals surface area contributed by atoms with E-state index in [4.69, 9.17) is 0 Å². The molecule has 1 aliphatic carbocycles. The molecule has 0 bridgehead atoms. The molecule has 1 N–H and O–H groups in total. The lowest BCUT2D eigenvalue weighted by Gasteiger charge is -2.33. The Balaban J connectivity index is 1.91. The SMILES string of the molecule is CCCNC1C(CN(C)Cc2ccccn2)CCC1(C)C. The van der Waals surface area contributed by atoms with Crippen LogP contribution in [-0.2, 0) is 6.54 Å². The van der Waals surface area contributed by atoms with Crippen LogP contribution in [0.3, 0.4) is 0 Å². The predicted octanol–water partition coefficient (Wildman–Crippen LogP) is 3.32. The molecule has 118 valence electrons. The lowest BCUT2D eigenvalue weighted by molar-refractivity contribution is 0.199. The first-order chi connectivity index (χ1) is 10.0. The van der Waals surface area contributed by atoms with Crippen molar-refractivity contribution in [3.8, 4) is 0 Å². The molecule has 1 saturated carbocycles. The summed E-state index contributed by atoms with van der Waals surface area (Å²) >= 11 is 0. The van der Waals surface area contributed by atoms with E-state index in [0.717, 1.165) is 31.2 Å². The summed E-state index contributed by atoms with van der Waals surface area (Å²) in [7, 11) is 2.22. The molecule has 2 rings (SSSR count). The van der Waals surface area contributed by atoms with Gasteiger partial charge < -0.3 is 10.2 Å². The minimum atomic E-state index is 0.422. The lowest BCUT2D eigenvalue weighted by atomic mass is 9.84. The fourth-order valence-electron chi connectivity index (χ4n) is 3.69. The first-order valence-corrected chi connectivity index (χ1v) is 8.35. The molecule has 3 nitrogen and oxygen atoms in total. The maximum atomic E-state index is 4.43. The van der Waals surface area contributed by atoms with Crippen LogP contribution in [0.5, 0.6) is 0 Å². The molecule has 1 heterocycles. The Kier molecular flexibility index (Phi) is 5.77. The minimum Gasteiger partial charge on any atom is -0.313 e. The van der Waals surface area contributed by atoms with E-state index in [9.17, 15) is 0 Å². The number of nitrogens with zero attached hydrogens (tertiary/aromatic N) is 2. The first kappa shape index (κ1) is 16.4. The zero-order chi connectivity index (χ0) is 15.3. The average molecular weight is 289 g/mol. The minimum absolute atomic E-state index is 0.422. The standard InChI is InChI=1S/C18H31N3/c1-5-11-20-17-15(9-10-18(17,2)3)13-21(4)14-16-8-6-7-12-19-16/h6-8,12,15,17,20H,5,9-11,13-14H2,1-4H3. The zero-order valence-corrected chi connectivity index (χ0v) is 14.1. The summed E-state index contributed by atoms with van der Waals surface area (Å²) in [6, 6.07) is 6.81. The van der Waals surface area contributed by atoms with Crippen molar-refractivity contribution in [2.75, 3.05) is 20.1 Å². The van der Waals surface area contributed by atoms with E-state index >= 15 is 0 Å². The van der Waals surface area contributed by atoms with Crippen molar-refractivity contribution in [1.29, 1.82) is 0 Å². The van der Waals surface area contributed by atoms with Crippen molar-refractivity contribution in [3.63, 3.8) is 0 Å². The van der Waals surface area contributed by atoms with Gasteiger partial charge in [0.1, 0.15) is 0 Å². The molecule has 2 unspecified atom stereocenters. The monoisotopic (exact) mass is 289 g/mol. The molecule has 0 aromatic carbocycles. The molecule has 3 heteroatoms. The smallest absolute Gasteiger partial charge is 0.0543 e. The second kappa shape index (κ2) is 7.37. The van der Waals surface area contributed by atoms with Crippen LogP contribution < -0.4 is 5.32 Å². The Bertz CT molecular complexity index is 416. The molecular weight excluding hydrogens is 258 g/mol. The van der Waals surface area contributed by atoms with Gasteiger partial charge in [-0.05, 0) is 56.3 Å². The lowest BCUT2D eigenvalue weighted by Crippen LogP contribution is -2.45. The van der Waals surface area contributed by atoms with E-state index in [-0.39, 0.29) is 0 Å². The van der Waals surface area contributed by atoms with Gasteiger partial charge in [0.2, 0.25) is 0 Å². The van der Waals surface area contributed by atoms with Crippen LogP contribution in [0.15, 0.2) is 24.4 Å². The molecule has 0 radical (unpaired) electrons. The highest BCUT2D eigenvalue weighted by atomic mass is 15.1. The van der Waals surface area contributed by atoms with E-state index in [2.05, 4.69) is 55.2 Å². The fourth-order valence-corrected chi connectivity index (χ4v) is 3.69. The van der Waals surface area contributed by atoms with E-state index in [1.165, 1.54) is 19.3 Å². The zero-order valence-electron chi connectivity index (χ0n) is 14.1. The van der Waals surface area contributed by atoms with Crippen molar-refractivity contribution in [2.45, 2.75) is 52.6 Å². The molecule has 0 saturated heterocycles. The highest BCUT2D eigenvalue weighted by molar-refractivity contribution is 5.03. The third kappa shape index (κ3) is 4.52. The van der Waals surface area contributed by atoms with Crippen molar-refractivity contribution < 1.29 is 0 Å². The van der Waals surface area contributed by atoms with Gasteiger partial charge in [-0.1, -0.05) is 26.8 Å². The number of hydrogen-bond acceptors (Lipinski definition) is 3. The third-order valence-electron chi connectivity index (χ3n) is 4.79. The van der Waals surface area contributed by atoms with Gasteiger partial charge in [0.05, 0.1) is 5.69 Å². The third-order valence-corrected chi connectivity index (χ3v) is 4.79. The Labute approximate surface area is 130 Å². The Hall–Kier alpha value is -0.930. The molecule has 1 aliphatic rings. The van der Waals surface area contributed by atoms with Gasteiger partial charge >= 0.3 is 0 Å². The van der Waals surface area contributed by atoms with E-state index in [1.54, 1.807) is 0 Å². The van der Waals surface area contributed by atoms with Gasteiger partial charge in [0, 0.05) is 25.3 Å². The molecular formula is C18H31N3. The van der Waals surface area contributed by atoms with Crippen LogP contribution >= 0.6 is 0 Å². The van der Waals surface area contributed by atoms with Gasteiger partial charge in [-0.3, -0.25) is 4.98 Å². The maximum Gasteiger partial charge on any atom is 0.0543 e. The molecule has 0 spiro atoms. The van der Waals surface area contributed by atoms with Crippen molar-refractivity contribution in [1.82, 2.24) is 15.2 Å². The second-order valence-electron chi connectivity index (χ2n) is 7.24. The van der Waals surface area contributed by atoms with Gasteiger partial charge in [0.25, 0.3) is 0 Å². The van der Waals surface area contributed by atoms with Gasteiger partial charge in [0.15, 0.2) is 0 Å². The number of aromatic nitrogens is 1. The highest BCUT2D eigenvalue weighted by Crippen LogP contribution is 2.41. The predicted molar refractivity (Wildman–Crippen MR) is 89.2 cm³/mol. The Morgan fingerprint density at radius 3 is 2.86 bits per heavy atom. The normalized spacial score (nSPS) is 24.6. The number of pyridine rings is 1. The Morgan fingerprint density at radius 2 is 2.19 bits per heavy atom. The summed E-state index contributed by atoms with van der Waals surface area (Å²) in [6.45, 7) is 10.3. The van der Waals surface area contributed by atoms with Crippen molar-refractivity contribution in [3.05, 3.63) is 30.1 Å². The number of hydrogen-bond donors (Lipinski definition) is 1. The summed E-state index contributed by atoms with van der Waals surface area (Å²) in [4.78, 5) is 6.86. The van der Waals surface area contributed by atoms with Crippen molar-refractivity contribution >= 4 is 0 Å². The number of rotatable bonds is 7. The van der Waals surface area contributed by atoms with Crippen LogP contribution in [0.1, 0.15) is 45.7 Å². The largest absolute Gasteiger partial charge is 0.313 e. The van der Waals surface area contributed by atoms with Crippen molar-refractivity contribution in [2.24, 2.45) is 11.3 Å². The fraction of sp³-hybridized carbons (Fsp3) is 0.722. The highest BCUT2D eigenvalue weighted by Gasteiger charge is 2.41. The van der Waals surface area contributed by atoms with Crippen LogP contribution in [0.25, 0.3) is 0 Å². The molecule has 1 aromatic heterocycles. The van der Waals surface area contributed by atoms with Gasteiger partial charge in [-0.15, -0.1) is 0 Å². The molecule has 1 aromatic rings. The average Bonchev–Trinajstić information content (AvgIpc) is 2.72. The summed E-state index contributed by atoms with van der Waals surface area (Å²) in [5, 5.41) is 3.80. The molecule has 1 fully saturated rings. The van der Waals surface area contributed by atoms with E-state index < -0.39 is 0 Å². The maximum absolute atomic E-state index is 4.43. The summed E-state index contributed by atoms with van der Waals surface area (Å²) < 4.78 is 0. The van der Waals surface area contributed by atoms with Gasteiger partial charge in [-0.25, -0.2) is 0 Å². The van der Waals surface area contributed by atoms with E-state index in [0.29, 0.717) is 11.5 Å². The topological polar surface area (TPSA) is 28.2 Å². The molecule has 0 aliphatic heterocycles. The van der Waals surface area contributed by atoms with Gasteiger partial charge in [-0.2, -0.15) is 0 Å². The molecule has 21 heavy (non-hydrogen) atoms. The summed E-state index contributed by atoms with van der Waals surface area (Å²) in [5.41, 5.74) is 1.58. The van der Waals surface area contributed by atoms with Crippen LogP contribution in [0.2, 0.25) is 0 Å². The second-order valence-corrected chi connectivity index (χ2v) is 7.24. The quantitative estimate of drug-likeness (QED) is 0.834. The van der Waals surface area contributed by atoms with Crippen LogP contribution in [-0.4, -0.2) is 36.1 Å². The van der Waals surface area contributed by atoms with Crippen LogP contribution in [0.4, 0.5) is 0 Å². The first-order valence-electron chi connectivity index (χ1n) is 8.35. The molecule has 2 atom stereocenters. The Morgan fingerprint density at radius 1 is 1.38 bits per heavy atom.